The summed E-state index contributed by atoms with van der Waals surface area (Å²) in [7, 11) is 0. The lowest BCUT2D eigenvalue weighted by Gasteiger charge is -2.24. The molecule has 0 saturated carbocycles. The second kappa shape index (κ2) is 6.36. The lowest BCUT2D eigenvalue weighted by molar-refractivity contribution is 0.156. The molecule has 5 heteroatoms. The molecule has 18 heavy (non-hydrogen) atoms. The number of ether oxygens (including phenoxy) is 1. The number of likely N-dealkylation sites (tertiary alicyclic amines) is 1. The van der Waals surface area contributed by atoms with Crippen LogP contribution >= 0.6 is 0 Å². The van der Waals surface area contributed by atoms with Gasteiger partial charge < -0.3 is 15.0 Å². The molecule has 1 atom stereocenters. The molecule has 104 valence electrons. The predicted octanol–water partition coefficient (Wildman–Crippen LogP) is 1.42. The largest absolute Gasteiger partial charge is 0.381 e. The summed E-state index contributed by atoms with van der Waals surface area (Å²) in [6.07, 6.45) is 2.85. The van der Waals surface area contributed by atoms with Crippen molar-refractivity contribution in [2.75, 3.05) is 46.1 Å². The number of nitrogens with zero attached hydrogens (tertiary/aromatic N) is 2. The summed E-state index contributed by atoms with van der Waals surface area (Å²) in [4.78, 5) is 6.79. The number of alkyl halides is 1. The van der Waals surface area contributed by atoms with Crippen LogP contribution in [0.4, 0.5) is 4.39 Å². The summed E-state index contributed by atoms with van der Waals surface area (Å²) in [5.41, 5.74) is 0.344. The van der Waals surface area contributed by atoms with Crippen LogP contribution in [0.1, 0.15) is 26.2 Å². The second-order valence-electron chi connectivity index (χ2n) is 5.25. The topological polar surface area (TPSA) is 36.9 Å². The first-order valence-corrected chi connectivity index (χ1v) is 6.97. The Bertz CT molecular complexity index is 290. The average Bonchev–Trinajstić information content (AvgIpc) is 3.00. The van der Waals surface area contributed by atoms with Gasteiger partial charge in [-0.3, -0.25) is 9.38 Å². The highest BCUT2D eigenvalue weighted by Gasteiger charge is 2.42. The van der Waals surface area contributed by atoms with Gasteiger partial charge in [0.2, 0.25) is 0 Å². The molecule has 0 radical (unpaired) electrons. The molecule has 2 aliphatic rings. The molecule has 0 aromatic rings. The van der Waals surface area contributed by atoms with Crippen molar-refractivity contribution in [1.82, 2.24) is 10.2 Å². The minimum absolute atomic E-state index is 0.291. The predicted molar refractivity (Wildman–Crippen MR) is 70.6 cm³/mol. The number of hydrogen-bond acceptors (Lipinski definition) is 2. The summed E-state index contributed by atoms with van der Waals surface area (Å²) in [6, 6.07) is 0. The van der Waals surface area contributed by atoms with Gasteiger partial charge in [0.05, 0.1) is 13.3 Å². The Morgan fingerprint density at radius 1 is 1.50 bits per heavy atom. The molecule has 2 heterocycles. The smallest absolute Gasteiger partial charge is 0.193 e. The molecule has 2 aliphatic heterocycles. The van der Waals surface area contributed by atoms with Crippen molar-refractivity contribution in [3.63, 3.8) is 0 Å². The van der Waals surface area contributed by atoms with Crippen molar-refractivity contribution in [2.24, 2.45) is 10.4 Å². The Labute approximate surface area is 109 Å². The first kappa shape index (κ1) is 13.6. The fraction of sp³-hybridized carbons (Fsp3) is 0.923. The van der Waals surface area contributed by atoms with Gasteiger partial charge in [-0.05, 0) is 26.2 Å². The summed E-state index contributed by atoms with van der Waals surface area (Å²) in [5, 5.41) is 3.30. The Morgan fingerprint density at radius 3 is 3.06 bits per heavy atom. The van der Waals surface area contributed by atoms with E-state index in [4.69, 9.17) is 4.74 Å². The van der Waals surface area contributed by atoms with Gasteiger partial charge >= 0.3 is 0 Å². The number of nitrogens with one attached hydrogen (secondary N) is 1. The SMILES string of the molecule is CCNC(=NCCCF)N1CCC2(CCOC2)C1. The van der Waals surface area contributed by atoms with Crippen LogP contribution in [0.5, 0.6) is 0 Å². The standard InChI is InChI=1S/C13H24FN3O/c1-2-15-12(16-7-3-6-14)17-8-4-13(10-17)5-9-18-11-13/h2-11H2,1H3,(H,15,16). The molecule has 2 fully saturated rings. The van der Waals surface area contributed by atoms with Gasteiger partial charge in [0.15, 0.2) is 5.96 Å². The third-order valence-electron chi connectivity index (χ3n) is 3.81. The van der Waals surface area contributed by atoms with Crippen LogP contribution < -0.4 is 5.32 Å². The fourth-order valence-corrected chi connectivity index (χ4v) is 2.76. The van der Waals surface area contributed by atoms with E-state index in [1.54, 1.807) is 0 Å². The van der Waals surface area contributed by atoms with Crippen LogP contribution in [-0.2, 0) is 4.74 Å². The lowest BCUT2D eigenvalue weighted by Crippen LogP contribution is -2.41. The van der Waals surface area contributed by atoms with E-state index in [0.29, 0.717) is 18.4 Å². The van der Waals surface area contributed by atoms with Crippen molar-refractivity contribution in [3.05, 3.63) is 0 Å². The van der Waals surface area contributed by atoms with E-state index in [2.05, 4.69) is 22.1 Å². The molecule has 1 unspecified atom stereocenters. The second-order valence-corrected chi connectivity index (χ2v) is 5.25. The zero-order chi connectivity index (χ0) is 12.8. The zero-order valence-corrected chi connectivity index (χ0v) is 11.3. The number of guanidine groups is 1. The van der Waals surface area contributed by atoms with E-state index in [1.807, 2.05) is 0 Å². The number of rotatable bonds is 4. The number of hydrogen-bond donors (Lipinski definition) is 1. The lowest BCUT2D eigenvalue weighted by atomic mass is 9.87. The van der Waals surface area contributed by atoms with E-state index >= 15 is 0 Å². The van der Waals surface area contributed by atoms with Crippen LogP contribution in [-0.4, -0.2) is 56.9 Å². The minimum Gasteiger partial charge on any atom is -0.381 e. The van der Waals surface area contributed by atoms with Crippen LogP contribution in [0.25, 0.3) is 0 Å². The molecule has 0 amide bonds. The highest BCUT2D eigenvalue weighted by Crippen LogP contribution is 2.38. The maximum atomic E-state index is 12.1. The van der Waals surface area contributed by atoms with Crippen LogP contribution in [0.2, 0.25) is 0 Å². The van der Waals surface area contributed by atoms with Crippen molar-refractivity contribution in [2.45, 2.75) is 26.2 Å². The molecule has 0 aromatic carbocycles. The molecule has 2 rings (SSSR count). The molecule has 0 aromatic heterocycles. The van der Waals surface area contributed by atoms with E-state index in [0.717, 1.165) is 45.2 Å². The Kier molecular flexibility index (Phi) is 4.80. The van der Waals surface area contributed by atoms with Crippen molar-refractivity contribution >= 4 is 5.96 Å². The number of aliphatic imine (C=N–C) groups is 1. The number of halogens is 1. The quantitative estimate of drug-likeness (QED) is 0.470. The molecule has 2 saturated heterocycles. The summed E-state index contributed by atoms with van der Waals surface area (Å²) in [5.74, 6) is 0.940. The highest BCUT2D eigenvalue weighted by atomic mass is 19.1. The fourth-order valence-electron chi connectivity index (χ4n) is 2.76. The van der Waals surface area contributed by atoms with Crippen molar-refractivity contribution in [1.29, 1.82) is 0 Å². The van der Waals surface area contributed by atoms with Gasteiger partial charge in [-0.1, -0.05) is 0 Å². The maximum absolute atomic E-state index is 12.1. The van der Waals surface area contributed by atoms with Crippen molar-refractivity contribution in [3.8, 4) is 0 Å². The van der Waals surface area contributed by atoms with Crippen LogP contribution in [0.3, 0.4) is 0 Å². The van der Waals surface area contributed by atoms with E-state index < -0.39 is 0 Å². The summed E-state index contributed by atoms with van der Waals surface area (Å²) < 4.78 is 17.7. The van der Waals surface area contributed by atoms with E-state index in [1.165, 1.54) is 6.42 Å². The molecule has 0 aliphatic carbocycles. The van der Waals surface area contributed by atoms with Gasteiger partial charge in [-0.15, -0.1) is 0 Å². The first-order valence-electron chi connectivity index (χ1n) is 6.97. The molecule has 0 bridgehead atoms. The molecular formula is C13H24FN3O. The normalized spacial score (nSPS) is 28.3. The minimum atomic E-state index is -0.291. The highest BCUT2D eigenvalue weighted by molar-refractivity contribution is 5.80. The zero-order valence-electron chi connectivity index (χ0n) is 11.3. The third kappa shape index (κ3) is 3.13. The summed E-state index contributed by atoms with van der Waals surface area (Å²) >= 11 is 0. The van der Waals surface area contributed by atoms with E-state index in [9.17, 15) is 4.39 Å². The van der Waals surface area contributed by atoms with Crippen LogP contribution in [0, 0.1) is 5.41 Å². The molecular weight excluding hydrogens is 233 g/mol. The molecule has 1 spiro atoms. The third-order valence-corrected chi connectivity index (χ3v) is 3.81. The molecule has 4 nitrogen and oxygen atoms in total. The van der Waals surface area contributed by atoms with Gasteiger partial charge in [0.1, 0.15) is 0 Å². The van der Waals surface area contributed by atoms with E-state index in [-0.39, 0.29) is 6.67 Å². The summed E-state index contributed by atoms with van der Waals surface area (Å²) in [6.45, 7) is 7.03. The van der Waals surface area contributed by atoms with Crippen molar-refractivity contribution < 1.29 is 9.13 Å². The Morgan fingerprint density at radius 2 is 2.39 bits per heavy atom. The van der Waals surface area contributed by atoms with Crippen LogP contribution in [0.15, 0.2) is 4.99 Å². The van der Waals surface area contributed by atoms with Gasteiger partial charge in [-0.2, -0.15) is 0 Å². The Hall–Kier alpha value is -0.840. The monoisotopic (exact) mass is 257 g/mol. The first-order chi connectivity index (χ1) is 8.79. The average molecular weight is 257 g/mol. The maximum Gasteiger partial charge on any atom is 0.193 e. The molecule has 1 N–H and O–H groups in total. The Balaban J connectivity index is 1.92. The van der Waals surface area contributed by atoms with Gasteiger partial charge in [0.25, 0.3) is 0 Å². The van der Waals surface area contributed by atoms with Gasteiger partial charge in [0, 0.05) is 38.2 Å². The van der Waals surface area contributed by atoms with Gasteiger partial charge in [-0.25, -0.2) is 0 Å².